The summed E-state index contributed by atoms with van der Waals surface area (Å²) in [7, 11) is 0. The Morgan fingerprint density at radius 3 is 1.72 bits per heavy atom. The summed E-state index contributed by atoms with van der Waals surface area (Å²) in [5.41, 5.74) is 11.2. The Labute approximate surface area is 308 Å². The molecule has 0 saturated heterocycles. The molecular formula is C51H35NO. The Bertz CT molecular complexity index is 2950. The highest BCUT2D eigenvalue weighted by molar-refractivity contribution is 6.08. The molecule has 10 rings (SSSR count). The fraction of sp³-hybridized carbons (Fsp3) is 0.0196. The van der Waals surface area contributed by atoms with Crippen molar-refractivity contribution in [3.05, 3.63) is 200 Å². The molecule has 0 saturated carbocycles. The molecule has 0 spiro atoms. The average Bonchev–Trinajstić information content (AvgIpc) is 3.57. The predicted molar refractivity (Wildman–Crippen MR) is 224 cm³/mol. The molecule has 0 amide bonds. The molecule has 0 aliphatic heterocycles. The van der Waals surface area contributed by atoms with Crippen molar-refractivity contribution in [3.8, 4) is 33.6 Å². The molecule has 53 heavy (non-hydrogen) atoms. The van der Waals surface area contributed by atoms with Crippen molar-refractivity contribution in [2.75, 3.05) is 4.90 Å². The maximum absolute atomic E-state index is 6.43. The van der Waals surface area contributed by atoms with Gasteiger partial charge in [-0.2, -0.15) is 0 Å². The first kappa shape index (κ1) is 30.9. The number of nitrogens with zero attached hydrogens (tertiary/aromatic N) is 1. The molecule has 2 nitrogen and oxygen atoms in total. The van der Waals surface area contributed by atoms with Crippen molar-refractivity contribution in [2.45, 2.75) is 6.92 Å². The topological polar surface area (TPSA) is 16.4 Å². The summed E-state index contributed by atoms with van der Waals surface area (Å²) in [6.07, 6.45) is 0. The SMILES string of the molecule is Cc1c(-c2cccc(N(c3ccc(-c4ccc(-c5cccc6ccccc56)cc4)cc3)c3ccc4c(ccc5ccccc54)c3)c2)oc2ccccc12. The summed E-state index contributed by atoms with van der Waals surface area (Å²) in [6, 6.07) is 69.8. The highest BCUT2D eigenvalue weighted by Gasteiger charge is 2.18. The van der Waals surface area contributed by atoms with Crippen LogP contribution in [0, 0.1) is 6.92 Å². The average molecular weight is 678 g/mol. The molecule has 0 aliphatic rings. The van der Waals surface area contributed by atoms with Crippen molar-refractivity contribution >= 4 is 60.3 Å². The van der Waals surface area contributed by atoms with E-state index in [1.807, 2.05) is 12.1 Å². The number of anilines is 3. The quantitative estimate of drug-likeness (QED) is 0.163. The number of rotatable bonds is 6. The lowest BCUT2D eigenvalue weighted by Gasteiger charge is -2.26. The standard InChI is InChI=1S/C51H35NO/c1-34-45-15-6-7-19-50(45)53-51(34)41-13-8-14-43(33-41)52(44-30-31-49-40(32-44)25-24-38-11-3-5-17-47(38)49)42-28-26-36(27-29-42)35-20-22-39(23-21-35)48-18-9-12-37-10-2-4-16-46(37)48/h2-33H,1H3. The smallest absolute Gasteiger partial charge is 0.138 e. The first-order valence-corrected chi connectivity index (χ1v) is 18.2. The van der Waals surface area contributed by atoms with Gasteiger partial charge >= 0.3 is 0 Å². The molecule has 0 aliphatic carbocycles. The summed E-state index contributed by atoms with van der Waals surface area (Å²) in [4.78, 5) is 2.35. The minimum atomic E-state index is 0.903. The van der Waals surface area contributed by atoms with Crippen LogP contribution in [-0.4, -0.2) is 0 Å². The number of furan rings is 1. The van der Waals surface area contributed by atoms with Crippen LogP contribution in [0.3, 0.4) is 0 Å². The monoisotopic (exact) mass is 677 g/mol. The largest absolute Gasteiger partial charge is 0.456 e. The van der Waals surface area contributed by atoms with Crippen molar-refractivity contribution in [1.29, 1.82) is 0 Å². The Hall–Kier alpha value is -6.90. The van der Waals surface area contributed by atoms with Crippen LogP contribution in [0.25, 0.3) is 76.9 Å². The van der Waals surface area contributed by atoms with E-state index in [2.05, 4.69) is 194 Å². The number of hydrogen-bond donors (Lipinski definition) is 0. The number of fused-ring (bicyclic) bond motifs is 5. The van der Waals surface area contributed by atoms with Gasteiger partial charge in [0.15, 0.2) is 0 Å². The molecular weight excluding hydrogens is 643 g/mol. The van der Waals surface area contributed by atoms with E-state index >= 15 is 0 Å². The number of benzene rings is 9. The molecule has 0 fully saturated rings. The first-order chi connectivity index (χ1) is 26.2. The third-order valence-corrected chi connectivity index (χ3v) is 10.6. The van der Waals surface area contributed by atoms with E-state index in [-0.39, 0.29) is 0 Å². The van der Waals surface area contributed by atoms with E-state index in [1.54, 1.807) is 0 Å². The summed E-state index contributed by atoms with van der Waals surface area (Å²) in [5.74, 6) is 0.903. The van der Waals surface area contributed by atoms with Crippen LogP contribution >= 0.6 is 0 Å². The van der Waals surface area contributed by atoms with E-state index in [9.17, 15) is 0 Å². The van der Waals surface area contributed by atoms with E-state index in [4.69, 9.17) is 4.42 Å². The molecule has 0 atom stereocenters. The van der Waals surface area contributed by atoms with Gasteiger partial charge in [-0.3, -0.25) is 0 Å². The van der Waals surface area contributed by atoms with Gasteiger partial charge in [0.1, 0.15) is 11.3 Å². The second kappa shape index (κ2) is 12.7. The van der Waals surface area contributed by atoms with Crippen molar-refractivity contribution in [3.63, 3.8) is 0 Å². The molecule has 10 aromatic rings. The first-order valence-electron chi connectivity index (χ1n) is 18.2. The lowest BCUT2D eigenvalue weighted by molar-refractivity contribution is 0.629. The zero-order chi connectivity index (χ0) is 35.3. The van der Waals surface area contributed by atoms with Gasteiger partial charge in [0, 0.05) is 33.6 Å². The maximum Gasteiger partial charge on any atom is 0.138 e. The number of hydrogen-bond acceptors (Lipinski definition) is 2. The van der Waals surface area contributed by atoms with Crippen LogP contribution in [0.15, 0.2) is 199 Å². The van der Waals surface area contributed by atoms with Gasteiger partial charge in [-0.1, -0.05) is 152 Å². The van der Waals surface area contributed by atoms with E-state index in [0.29, 0.717) is 0 Å². The normalized spacial score (nSPS) is 11.5. The van der Waals surface area contributed by atoms with Crippen molar-refractivity contribution in [1.82, 2.24) is 0 Å². The van der Waals surface area contributed by atoms with Crippen LogP contribution in [0.5, 0.6) is 0 Å². The predicted octanol–water partition coefficient (Wildman–Crippen LogP) is 14.7. The maximum atomic E-state index is 6.43. The van der Waals surface area contributed by atoms with Gasteiger partial charge in [0.2, 0.25) is 0 Å². The summed E-state index contributed by atoms with van der Waals surface area (Å²) >= 11 is 0. The molecule has 1 aromatic heterocycles. The zero-order valence-electron chi connectivity index (χ0n) is 29.3. The summed E-state index contributed by atoms with van der Waals surface area (Å²) in [5, 5.41) is 8.65. The van der Waals surface area contributed by atoms with Crippen LogP contribution < -0.4 is 4.90 Å². The molecule has 1 heterocycles. The third-order valence-electron chi connectivity index (χ3n) is 10.6. The van der Waals surface area contributed by atoms with E-state index < -0.39 is 0 Å². The zero-order valence-corrected chi connectivity index (χ0v) is 29.3. The minimum Gasteiger partial charge on any atom is -0.456 e. The lowest BCUT2D eigenvalue weighted by Crippen LogP contribution is -2.10. The Morgan fingerprint density at radius 2 is 0.925 bits per heavy atom. The molecule has 2 heteroatoms. The lowest BCUT2D eigenvalue weighted by atomic mass is 9.96. The molecule has 9 aromatic carbocycles. The van der Waals surface area contributed by atoms with Crippen LogP contribution in [-0.2, 0) is 0 Å². The highest BCUT2D eigenvalue weighted by Crippen LogP contribution is 2.41. The number of aryl methyl sites for hydroxylation is 1. The van der Waals surface area contributed by atoms with Crippen LogP contribution in [0.4, 0.5) is 17.1 Å². The van der Waals surface area contributed by atoms with Gasteiger partial charge in [-0.25, -0.2) is 0 Å². The fourth-order valence-electron chi connectivity index (χ4n) is 7.95. The highest BCUT2D eigenvalue weighted by atomic mass is 16.3. The van der Waals surface area contributed by atoms with Gasteiger partial charge < -0.3 is 9.32 Å². The molecule has 0 N–H and O–H groups in total. The summed E-state index contributed by atoms with van der Waals surface area (Å²) < 4.78 is 6.43. The number of para-hydroxylation sites is 1. The summed E-state index contributed by atoms with van der Waals surface area (Å²) in [6.45, 7) is 2.15. The second-order valence-electron chi connectivity index (χ2n) is 13.8. The molecule has 0 bridgehead atoms. The Morgan fingerprint density at radius 1 is 0.358 bits per heavy atom. The van der Waals surface area contributed by atoms with E-state index in [0.717, 1.165) is 44.9 Å². The van der Waals surface area contributed by atoms with Gasteiger partial charge in [0.25, 0.3) is 0 Å². The van der Waals surface area contributed by atoms with Crippen LogP contribution in [0.2, 0.25) is 0 Å². The van der Waals surface area contributed by atoms with Crippen molar-refractivity contribution in [2.24, 2.45) is 0 Å². The van der Waals surface area contributed by atoms with E-state index in [1.165, 1.54) is 54.6 Å². The molecule has 250 valence electrons. The third kappa shape index (κ3) is 5.44. The van der Waals surface area contributed by atoms with Gasteiger partial charge in [-0.15, -0.1) is 0 Å². The molecule has 0 unspecified atom stereocenters. The minimum absolute atomic E-state index is 0.903. The fourth-order valence-corrected chi connectivity index (χ4v) is 7.95. The van der Waals surface area contributed by atoms with Gasteiger partial charge in [0.05, 0.1) is 0 Å². The van der Waals surface area contributed by atoms with Gasteiger partial charge in [-0.05, 0) is 104 Å². The second-order valence-corrected chi connectivity index (χ2v) is 13.8. The van der Waals surface area contributed by atoms with Crippen LogP contribution in [0.1, 0.15) is 5.56 Å². The molecule has 0 radical (unpaired) electrons. The Balaban J connectivity index is 1.05. The Kier molecular flexibility index (Phi) is 7.40. The van der Waals surface area contributed by atoms with Crippen molar-refractivity contribution < 1.29 is 4.42 Å².